The van der Waals surface area contributed by atoms with E-state index < -0.39 is 0 Å². The number of rotatable bonds is 5. The highest BCUT2D eigenvalue weighted by Crippen LogP contribution is 2.28. The third-order valence-corrected chi connectivity index (χ3v) is 3.52. The summed E-state index contributed by atoms with van der Waals surface area (Å²) in [5.74, 6) is -0.699. The van der Waals surface area contributed by atoms with Gasteiger partial charge in [0.1, 0.15) is 11.6 Å². The highest BCUT2D eigenvalue weighted by molar-refractivity contribution is 5.20. The first-order valence-electron chi connectivity index (χ1n) is 6.84. The number of nitrogens with one attached hydrogen (secondary N) is 1. The molecule has 1 atom stereocenters. The van der Waals surface area contributed by atoms with Crippen LogP contribution in [0.3, 0.4) is 0 Å². The Balaban J connectivity index is 2.82. The maximum atomic E-state index is 13.7. The largest absolute Gasteiger partial charge is 0.312 e. The van der Waals surface area contributed by atoms with Crippen molar-refractivity contribution in [2.24, 2.45) is 5.41 Å². The van der Waals surface area contributed by atoms with Crippen LogP contribution in [0.1, 0.15) is 46.6 Å². The van der Waals surface area contributed by atoms with Crippen molar-refractivity contribution >= 4 is 0 Å². The molecule has 0 bridgehead atoms. The minimum Gasteiger partial charge on any atom is -0.312 e. The van der Waals surface area contributed by atoms with Gasteiger partial charge in [0, 0.05) is 12.1 Å². The Kier molecular flexibility index (Phi) is 5.08. The van der Waals surface area contributed by atoms with E-state index in [9.17, 15) is 8.78 Å². The van der Waals surface area contributed by atoms with E-state index in [1.165, 1.54) is 12.1 Å². The molecule has 0 fully saturated rings. The summed E-state index contributed by atoms with van der Waals surface area (Å²) in [6, 6.07) is 3.67. The van der Waals surface area contributed by atoms with Gasteiger partial charge in [0.25, 0.3) is 0 Å². The quantitative estimate of drug-likeness (QED) is 0.839. The average molecular weight is 269 g/mol. The molecule has 0 saturated carbocycles. The van der Waals surface area contributed by atoms with Crippen molar-refractivity contribution in [3.63, 3.8) is 0 Å². The summed E-state index contributed by atoms with van der Waals surface area (Å²) in [7, 11) is 0. The normalized spacial score (nSPS) is 15.3. The topological polar surface area (TPSA) is 12.0 Å². The van der Waals surface area contributed by atoms with E-state index in [-0.39, 0.29) is 22.6 Å². The van der Waals surface area contributed by atoms with Crippen LogP contribution in [0.25, 0.3) is 0 Å². The molecule has 1 N–H and O–H groups in total. The van der Waals surface area contributed by atoms with Crippen LogP contribution in [0.5, 0.6) is 0 Å². The molecule has 0 aliphatic rings. The van der Waals surface area contributed by atoms with Gasteiger partial charge in [-0.2, -0.15) is 0 Å². The Morgan fingerprint density at radius 3 is 2.26 bits per heavy atom. The van der Waals surface area contributed by atoms with E-state index in [1.54, 1.807) is 0 Å². The van der Waals surface area contributed by atoms with Crippen LogP contribution in [-0.4, -0.2) is 12.1 Å². The molecular weight excluding hydrogens is 244 g/mol. The zero-order valence-electron chi connectivity index (χ0n) is 12.6. The number of hydrogen-bond donors (Lipinski definition) is 1. The summed E-state index contributed by atoms with van der Waals surface area (Å²) in [5.41, 5.74) is 0.402. The van der Waals surface area contributed by atoms with Crippen LogP contribution in [-0.2, 0) is 6.42 Å². The third-order valence-electron chi connectivity index (χ3n) is 3.52. The van der Waals surface area contributed by atoms with Gasteiger partial charge in [-0.1, -0.05) is 13.8 Å². The molecule has 0 aliphatic heterocycles. The van der Waals surface area contributed by atoms with Gasteiger partial charge in [-0.3, -0.25) is 0 Å². The standard InChI is InChI=1S/C16H25F2N/c1-6-16(5,11-19-15(2,3)4)10-12-9-13(17)7-8-14(12)18/h7-9,19H,6,10-11H2,1-5H3. The van der Waals surface area contributed by atoms with Crippen LogP contribution in [0.2, 0.25) is 0 Å². The molecule has 1 aromatic carbocycles. The van der Waals surface area contributed by atoms with Crippen LogP contribution >= 0.6 is 0 Å². The van der Waals surface area contributed by atoms with E-state index >= 15 is 0 Å². The number of benzene rings is 1. The second kappa shape index (κ2) is 6.00. The molecule has 108 valence electrons. The third kappa shape index (κ3) is 5.27. The zero-order valence-corrected chi connectivity index (χ0v) is 12.6. The molecule has 19 heavy (non-hydrogen) atoms. The van der Waals surface area contributed by atoms with Crippen molar-refractivity contribution in [1.29, 1.82) is 0 Å². The Morgan fingerprint density at radius 2 is 1.74 bits per heavy atom. The van der Waals surface area contributed by atoms with Crippen molar-refractivity contribution in [3.05, 3.63) is 35.4 Å². The second-order valence-corrected chi connectivity index (χ2v) is 6.68. The Labute approximate surface area is 115 Å². The van der Waals surface area contributed by atoms with Crippen LogP contribution in [0.15, 0.2) is 18.2 Å². The van der Waals surface area contributed by atoms with Gasteiger partial charge in [-0.25, -0.2) is 8.78 Å². The lowest BCUT2D eigenvalue weighted by atomic mass is 9.80. The van der Waals surface area contributed by atoms with Crippen LogP contribution in [0.4, 0.5) is 8.78 Å². The first kappa shape index (κ1) is 16.1. The maximum absolute atomic E-state index is 13.7. The number of halogens is 2. The van der Waals surface area contributed by atoms with Gasteiger partial charge < -0.3 is 5.32 Å². The molecular formula is C16H25F2N. The molecule has 0 radical (unpaired) electrons. The highest BCUT2D eigenvalue weighted by atomic mass is 19.1. The maximum Gasteiger partial charge on any atom is 0.126 e. The summed E-state index contributed by atoms with van der Waals surface area (Å²) >= 11 is 0. The molecule has 0 amide bonds. The average Bonchev–Trinajstić information content (AvgIpc) is 2.31. The molecule has 1 rings (SSSR count). The van der Waals surface area contributed by atoms with Crippen molar-refractivity contribution in [3.8, 4) is 0 Å². The first-order valence-corrected chi connectivity index (χ1v) is 6.84. The molecule has 3 heteroatoms. The SMILES string of the molecule is CCC(C)(CNC(C)(C)C)Cc1cc(F)ccc1F. The van der Waals surface area contributed by atoms with Gasteiger partial charge in [-0.15, -0.1) is 0 Å². The minimum absolute atomic E-state index is 0.0247. The van der Waals surface area contributed by atoms with Crippen molar-refractivity contribution in [2.45, 2.75) is 53.0 Å². The zero-order chi connectivity index (χ0) is 14.7. The molecule has 0 spiro atoms. The summed E-state index contributed by atoms with van der Waals surface area (Å²) in [4.78, 5) is 0. The van der Waals surface area contributed by atoms with Gasteiger partial charge in [0.2, 0.25) is 0 Å². The van der Waals surface area contributed by atoms with E-state index in [1.807, 2.05) is 0 Å². The van der Waals surface area contributed by atoms with E-state index in [0.29, 0.717) is 12.0 Å². The Morgan fingerprint density at radius 1 is 1.11 bits per heavy atom. The lowest BCUT2D eigenvalue weighted by Crippen LogP contribution is -2.43. The fourth-order valence-electron chi connectivity index (χ4n) is 1.93. The summed E-state index contributed by atoms with van der Waals surface area (Å²) in [6.45, 7) is 11.3. The lowest BCUT2D eigenvalue weighted by molar-refractivity contribution is 0.252. The molecule has 0 saturated heterocycles. The van der Waals surface area contributed by atoms with Crippen LogP contribution in [0, 0.1) is 17.0 Å². The smallest absolute Gasteiger partial charge is 0.126 e. The predicted octanol–water partition coefficient (Wildman–Crippen LogP) is 4.31. The van der Waals surface area contributed by atoms with Crippen molar-refractivity contribution in [2.75, 3.05) is 6.54 Å². The predicted molar refractivity (Wildman–Crippen MR) is 76.2 cm³/mol. The summed E-state index contributed by atoms with van der Waals surface area (Å²) < 4.78 is 26.9. The molecule has 1 unspecified atom stereocenters. The fourth-order valence-corrected chi connectivity index (χ4v) is 1.93. The molecule has 1 nitrogen and oxygen atoms in total. The minimum atomic E-state index is -0.376. The summed E-state index contributed by atoms with van der Waals surface area (Å²) in [5, 5.41) is 3.45. The Hall–Kier alpha value is -0.960. The summed E-state index contributed by atoms with van der Waals surface area (Å²) in [6.07, 6.45) is 1.45. The number of hydrogen-bond acceptors (Lipinski definition) is 1. The highest BCUT2D eigenvalue weighted by Gasteiger charge is 2.26. The molecule has 0 aliphatic carbocycles. The van der Waals surface area contributed by atoms with E-state index in [0.717, 1.165) is 19.0 Å². The van der Waals surface area contributed by atoms with Gasteiger partial charge >= 0.3 is 0 Å². The van der Waals surface area contributed by atoms with Gasteiger partial charge in [-0.05, 0) is 62.8 Å². The lowest BCUT2D eigenvalue weighted by Gasteiger charge is -2.33. The Bertz CT molecular complexity index is 423. The van der Waals surface area contributed by atoms with Crippen molar-refractivity contribution < 1.29 is 8.78 Å². The molecule has 0 aromatic heterocycles. The van der Waals surface area contributed by atoms with Crippen LogP contribution < -0.4 is 5.32 Å². The molecule has 0 heterocycles. The van der Waals surface area contributed by atoms with E-state index in [2.05, 4.69) is 39.9 Å². The fraction of sp³-hybridized carbons (Fsp3) is 0.625. The van der Waals surface area contributed by atoms with Gasteiger partial charge in [0.15, 0.2) is 0 Å². The first-order chi connectivity index (χ1) is 8.65. The van der Waals surface area contributed by atoms with E-state index in [4.69, 9.17) is 0 Å². The van der Waals surface area contributed by atoms with Crippen molar-refractivity contribution in [1.82, 2.24) is 5.32 Å². The monoisotopic (exact) mass is 269 g/mol. The van der Waals surface area contributed by atoms with Gasteiger partial charge in [0.05, 0.1) is 0 Å². The second-order valence-electron chi connectivity index (χ2n) is 6.68. The molecule has 1 aromatic rings.